The van der Waals surface area contributed by atoms with E-state index < -0.39 is 0 Å². The Bertz CT molecular complexity index is 170. The fraction of sp³-hybridized carbons (Fsp3) is 0.857. The summed E-state index contributed by atoms with van der Waals surface area (Å²) in [6, 6.07) is 0. The number of nitrogens with one attached hydrogen (secondary N) is 1. The second-order valence-electron chi connectivity index (χ2n) is 4.82. The van der Waals surface area contributed by atoms with Gasteiger partial charge in [-0.1, -0.05) is 19.9 Å². The van der Waals surface area contributed by atoms with Crippen molar-refractivity contribution in [3.63, 3.8) is 0 Å². The maximum atomic E-state index is 3.91. The highest BCUT2D eigenvalue weighted by Crippen LogP contribution is 2.45. The quantitative estimate of drug-likeness (QED) is 0.648. The molecule has 0 aromatic heterocycles. The normalized spacial score (nSPS) is 25.5. The first kappa shape index (κ1) is 12.8. The minimum atomic E-state index is 0.727. The zero-order chi connectivity index (χ0) is 11.1. The lowest BCUT2D eigenvalue weighted by Gasteiger charge is -2.42. The van der Waals surface area contributed by atoms with Gasteiger partial charge in [0.15, 0.2) is 0 Å². The summed E-state index contributed by atoms with van der Waals surface area (Å²) in [6.07, 6.45) is 10.7. The van der Waals surface area contributed by atoms with Crippen molar-refractivity contribution < 1.29 is 0 Å². The average molecular weight is 209 g/mol. The van der Waals surface area contributed by atoms with Crippen molar-refractivity contribution >= 4 is 0 Å². The van der Waals surface area contributed by atoms with Crippen molar-refractivity contribution in [3.05, 3.63) is 12.7 Å². The van der Waals surface area contributed by atoms with Crippen LogP contribution in [0.3, 0.4) is 0 Å². The smallest absolute Gasteiger partial charge is 0.00436 e. The summed E-state index contributed by atoms with van der Waals surface area (Å²) in [4.78, 5) is 0. The first-order chi connectivity index (χ1) is 7.35. The standard InChI is InChI=1S/C12H21N.C2H6/c1-2-11-3-5-12(6-4-11)7-9-13-10-8-12;1-2/h2,11,13H,1,3-10H2;1-2H3. The predicted octanol–water partition coefficient (Wildman–Crippen LogP) is 3.76. The van der Waals surface area contributed by atoms with Crippen LogP contribution in [0.15, 0.2) is 12.7 Å². The minimum Gasteiger partial charge on any atom is -0.317 e. The van der Waals surface area contributed by atoms with Crippen LogP contribution in [0.1, 0.15) is 52.4 Å². The Morgan fingerprint density at radius 3 is 2.07 bits per heavy atom. The number of hydrogen-bond acceptors (Lipinski definition) is 1. The summed E-state index contributed by atoms with van der Waals surface area (Å²) in [5, 5.41) is 3.46. The molecule has 1 aliphatic carbocycles. The maximum absolute atomic E-state index is 3.91. The Morgan fingerprint density at radius 2 is 1.60 bits per heavy atom. The fourth-order valence-electron chi connectivity index (χ4n) is 2.95. The van der Waals surface area contributed by atoms with E-state index in [1.54, 1.807) is 0 Å². The van der Waals surface area contributed by atoms with Crippen molar-refractivity contribution in [1.29, 1.82) is 0 Å². The zero-order valence-electron chi connectivity index (χ0n) is 10.5. The second kappa shape index (κ2) is 6.32. The Hall–Kier alpha value is -0.300. The molecule has 2 rings (SSSR count). The van der Waals surface area contributed by atoms with Gasteiger partial charge in [0.1, 0.15) is 0 Å². The molecule has 0 bridgehead atoms. The van der Waals surface area contributed by atoms with E-state index in [9.17, 15) is 0 Å². The summed E-state index contributed by atoms with van der Waals surface area (Å²) in [7, 11) is 0. The summed E-state index contributed by atoms with van der Waals surface area (Å²) in [6.45, 7) is 10.4. The van der Waals surface area contributed by atoms with Crippen LogP contribution in [0.25, 0.3) is 0 Å². The van der Waals surface area contributed by atoms with Gasteiger partial charge in [0.2, 0.25) is 0 Å². The molecular weight excluding hydrogens is 182 g/mol. The molecule has 1 aliphatic heterocycles. The van der Waals surface area contributed by atoms with Gasteiger partial charge in [0.25, 0.3) is 0 Å². The maximum Gasteiger partial charge on any atom is -0.00436 e. The largest absolute Gasteiger partial charge is 0.317 e. The summed E-state index contributed by atoms with van der Waals surface area (Å²) < 4.78 is 0. The molecule has 0 aromatic rings. The highest BCUT2D eigenvalue weighted by Gasteiger charge is 2.35. The first-order valence-electron chi connectivity index (χ1n) is 6.68. The molecule has 0 aromatic carbocycles. The zero-order valence-corrected chi connectivity index (χ0v) is 10.5. The van der Waals surface area contributed by atoms with Crippen molar-refractivity contribution in [2.45, 2.75) is 52.4 Å². The average Bonchev–Trinajstić information content (AvgIpc) is 2.34. The summed E-state index contributed by atoms with van der Waals surface area (Å²) in [5.41, 5.74) is 0.727. The van der Waals surface area contributed by atoms with Crippen LogP contribution in [0.4, 0.5) is 0 Å². The van der Waals surface area contributed by atoms with Crippen LogP contribution in [0.2, 0.25) is 0 Å². The van der Waals surface area contributed by atoms with E-state index in [2.05, 4.69) is 18.0 Å². The summed E-state index contributed by atoms with van der Waals surface area (Å²) in [5.74, 6) is 0.820. The van der Waals surface area contributed by atoms with Gasteiger partial charge in [-0.15, -0.1) is 6.58 Å². The van der Waals surface area contributed by atoms with Crippen molar-refractivity contribution in [1.82, 2.24) is 5.32 Å². The van der Waals surface area contributed by atoms with E-state index in [0.717, 1.165) is 11.3 Å². The topological polar surface area (TPSA) is 12.0 Å². The van der Waals surface area contributed by atoms with Crippen molar-refractivity contribution in [2.24, 2.45) is 11.3 Å². The van der Waals surface area contributed by atoms with Crippen LogP contribution in [0.5, 0.6) is 0 Å². The van der Waals surface area contributed by atoms with Crippen LogP contribution >= 0.6 is 0 Å². The summed E-state index contributed by atoms with van der Waals surface area (Å²) >= 11 is 0. The molecule has 2 aliphatic rings. The monoisotopic (exact) mass is 209 g/mol. The molecule has 1 saturated carbocycles. The van der Waals surface area contributed by atoms with E-state index in [1.807, 2.05) is 13.8 Å². The van der Waals surface area contributed by atoms with Crippen LogP contribution in [-0.2, 0) is 0 Å². The Morgan fingerprint density at radius 1 is 1.07 bits per heavy atom. The molecule has 88 valence electrons. The van der Waals surface area contributed by atoms with Crippen LogP contribution < -0.4 is 5.32 Å². The Labute approximate surface area is 95.3 Å². The lowest BCUT2D eigenvalue weighted by molar-refractivity contribution is 0.117. The first-order valence-corrected chi connectivity index (χ1v) is 6.68. The van der Waals surface area contributed by atoms with Gasteiger partial charge in [-0.2, -0.15) is 0 Å². The third-order valence-electron chi connectivity index (χ3n) is 4.09. The molecular formula is C14H27N. The highest BCUT2D eigenvalue weighted by molar-refractivity contribution is 4.93. The lowest BCUT2D eigenvalue weighted by atomic mass is 9.66. The number of rotatable bonds is 1. The molecule has 1 nitrogen and oxygen atoms in total. The molecule has 1 saturated heterocycles. The third-order valence-corrected chi connectivity index (χ3v) is 4.09. The van der Waals surface area contributed by atoms with Gasteiger partial charge in [-0.05, 0) is 62.9 Å². The molecule has 1 heteroatoms. The van der Waals surface area contributed by atoms with Gasteiger partial charge < -0.3 is 5.32 Å². The predicted molar refractivity (Wildman–Crippen MR) is 68.0 cm³/mol. The molecule has 1 spiro atoms. The third kappa shape index (κ3) is 3.34. The van der Waals surface area contributed by atoms with E-state index >= 15 is 0 Å². The van der Waals surface area contributed by atoms with Gasteiger partial charge in [0.05, 0.1) is 0 Å². The van der Waals surface area contributed by atoms with Crippen molar-refractivity contribution in [3.8, 4) is 0 Å². The molecule has 0 radical (unpaired) electrons. The number of piperidine rings is 1. The van der Waals surface area contributed by atoms with Crippen LogP contribution in [0, 0.1) is 11.3 Å². The fourth-order valence-corrected chi connectivity index (χ4v) is 2.95. The Balaban J connectivity index is 0.000000531. The molecule has 0 atom stereocenters. The molecule has 15 heavy (non-hydrogen) atoms. The second-order valence-corrected chi connectivity index (χ2v) is 4.82. The highest BCUT2D eigenvalue weighted by atomic mass is 14.9. The SMILES string of the molecule is C=CC1CCC2(CCNCC2)CC1.CC. The van der Waals surface area contributed by atoms with Gasteiger partial charge in [0, 0.05) is 0 Å². The molecule has 1 N–H and O–H groups in total. The van der Waals surface area contributed by atoms with E-state index in [4.69, 9.17) is 0 Å². The minimum absolute atomic E-state index is 0.727. The van der Waals surface area contributed by atoms with E-state index in [1.165, 1.54) is 51.6 Å². The molecule has 0 unspecified atom stereocenters. The van der Waals surface area contributed by atoms with E-state index in [-0.39, 0.29) is 0 Å². The number of hydrogen-bond donors (Lipinski definition) is 1. The van der Waals surface area contributed by atoms with E-state index in [0.29, 0.717) is 0 Å². The van der Waals surface area contributed by atoms with Crippen LogP contribution in [-0.4, -0.2) is 13.1 Å². The molecule has 1 heterocycles. The van der Waals surface area contributed by atoms with Crippen molar-refractivity contribution in [2.75, 3.05) is 13.1 Å². The van der Waals surface area contributed by atoms with Gasteiger partial charge in [-0.25, -0.2) is 0 Å². The molecule has 2 fully saturated rings. The van der Waals surface area contributed by atoms with Gasteiger partial charge in [-0.3, -0.25) is 0 Å². The number of allylic oxidation sites excluding steroid dienone is 1. The molecule has 0 amide bonds. The lowest BCUT2D eigenvalue weighted by Crippen LogP contribution is -2.38. The van der Waals surface area contributed by atoms with Gasteiger partial charge >= 0.3 is 0 Å². The Kier molecular flexibility index (Phi) is 5.38.